The predicted octanol–water partition coefficient (Wildman–Crippen LogP) is 3.25. The molecule has 1 aromatic heterocycles. The number of hydrogen-bond donors (Lipinski definition) is 1. The lowest BCUT2D eigenvalue weighted by molar-refractivity contribution is -0.114. The molecule has 1 fully saturated rings. The normalized spacial score (nSPS) is 21.0. The molecule has 0 radical (unpaired) electrons. The van der Waals surface area contributed by atoms with Crippen molar-refractivity contribution in [1.82, 2.24) is 10.2 Å². The molecule has 122 valence electrons. The van der Waals surface area contributed by atoms with Crippen LogP contribution in [0.3, 0.4) is 0 Å². The van der Waals surface area contributed by atoms with Gasteiger partial charge in [-0.15, -0.1) is 21.5 Å². The van der Waals surface area contributed by atoms with Crippen LogP contribution >= 0.6 is 23.1 Å². The molecule has 4 rings (SSSR count). The molecule has 24 heavy (non-hydrogen) atoms. The number of carbonyl (C=O) groups excluding carboxylic acids is 1. The Kier molecular flexibility index (Phi) is 3.85. The zero-order valence-corrected chi connectivity index (χ0v) is 14.4. The average Bonchev–Trinajstić information content (AvgIpc) is 3.27. The molecule has 3 heterocycles. The molecule has 8 heteroatoms. The number of fused-ring (bicyclic) bond motifs is 1. The van der Waals surface area contributed by atoms with Gasteiger partial charge in [-0.05, 0) is 30.2 Å². The number of thioether (sulfide) groups is 1. The molecule has 0 unspecified atom stereocenters. The molecule has 0 saturated carbocycles. The van der Waals surface area contributed by atoms with Gasteiger partial charge in [-0.1, -0.05) is 24.8 Å². The van der Waals surface area contributed by atoms with Crippen molar-refractivity contribution in [2.24, 2.45) is 0 Å². The van der Waals surface area contributed by atoms with Crippen LogP contribution in [0, 0.1) is 5.41 Å². The molecule has 1 N–H and O–H groups in total. The fourth-order valence-electron chi connectivity index (χ4n) is 2.49. The summed E-state index contributed by atoms with van der Waals surface area (Å²) in [6.07, 6.45) is 2.56. The summed E-state index contributed by atoms with van der Waals surface area (Å²) in [7, 11) is 0. The third-order valence-electron chi connectivity index (χ3n) is 3.71. The lowest BCUT2D eigenvalue weighted by Gasteiger charge is -2.01. The Labute approximate surface area is 146 Å². The van der Waals surface area contributed by atoms with Crippen LogP contribution in [0.15, 0.2) is 23.1 Å². The van der Waals surface area contributed by atoms with E-state index >= 15 is 0 Å². The van der Waals surface area contributed by atoms with Crippen LogP contribution < -0.4 is 9.47 Å². The molecule has 6 nitrogen and oxygen atoms in total. The third-order valence-corrected chi connectivity index (χ3v) is 5.84. The predicted molar refractivity (Wildman–Crippen MR) is 92.9 cm³/mol. The van der Waals surface area contributed by atoms with Gasteiger partial charge in [0.1, 0.15) is 15.9 Å². The molecular weight excluding hydrogens is 346 g/mol. The number of aromatic nitrogens is 2. The Morgan fingerprint density at radius 3 is 2.96 bits per heavy atom. The molecule has 0 amide bonds. The summed E-state index contributed by atoms with van der Waals surface area (Å²) in [5.41, 5.74) is 0.843. The van der Waals surface area contributed by atoms with Crippen LogP contribution in [0.1, 0.15) is 28.4 Å². The summed E-state index contributed by atoms with van der Waals surface area (Å²) in [6, 6.07) is 5.52. The van der Waals surface area contributed by atoms with Crippen molar-refractivity contribution in [1.29, 1.82) is 5.41 Å². The van der Waals surface area contributed by atoms with Gasteiger partial charge in [-0.25, -0.2) is 0 Å². The van der Waals surface area contributed by atoms with Crippen LogP contribution in [0.2, 0.25) is 0 Å². The molecule has 0 spiro atoms. The highest BCUT2D eigenvalue weighted by Crippen LogP contribution is 2.42. The summed E-state index contributed by atoms with van der Waals surface area (Å²) >= 11 is 2.58. The number of hydrogen-bond acceptors (Lipinski definition) is 8. The Hall–Kier alpha value is -2.19. The largest absolute Gasteiger partial charge is 0.454 e. The van der Waals surface area contributed by atoms with Gasteiger partial charge in [0.05, 0.1) is 9.95 Å². The van der Waals surface area contributed by atoms with E-state index in [1.807, 2.05) is 25.1 Å². The minimum atomic E-state index is -0.618. The quantitative estimate of drug-likeness (QED) is 0.847. The number of carbonyl (C=O) groups is 1. The van der Waals surface area contributed by atoms with Crippen molar-refractivity contribution in [3.8, 4) is 11.5 Å². The van der Waals surface area contributed by atoms with Crippen molar-refractivity contribution in [3.05, 3.63) is 38.7 Å². The molecule has 2 aliphatic heterocycles. The fourth-order valence-corrected chi connectivity index (χ4v) is 4.45. The topological polar surface area (TPSA) is 85.2 Å². The van der Waals surface area contributed by atoms with E-state index in [-0.39, 0.29) is 12.6 Å². The Morgan fingerprint density at radius 1 is 1.33 bits per heavy atom. The second-order valence-electron chi connectivity index (χ2n) is 5.27. The number of ether oxygens (including phenoxy) is 2. The first-order chi connectivity index (χ1) is 11.7. The first-order valence-corrected chi connectivity index (χ1v) is 9.03. The van der Waals surface area contributed by atoms with E-state index in [0.717, 1.165) is 17.0 Å². The average molecular weight is 359 g/mol. The zero-order valence-electron chi connectivity index (χ0n) is 12.7. The fraction of sp³-hybridized carbons (Fsp3) is 0.250. The monoisotopic (exact) mass is 359 g/mol. The smallest absolute Gasteiger partial charge is 0.231 e. The second-order valence-corrected chi connectivity index (χ2v) is 7.45. The van der Waals surface area contributed by atoms with Crippen LogP contribution in [-0.4, -0.2) is 27.8 Å². The van der Waals surface area contributed by atoms with Crippen molar-refractivity contribution >= 4 is 40.0 Å². The Morgan fingerprint density at radius 2 is 2.17 bits per heavy atom. The number of allylic oxidation sites excluding steroid dienone is 1. The van der Waals surface area contributed by atoms with Crippen molar-refractivity contribution in [2.45, 2.75) is 19.3 Å². The van der Waals surface area contributed by atoms with Gasteiger partial charge < -0.3 is 9.47 Å². The lowest BCUT2D eigenvalue weighted by atomic mass is 10.1. The molecule has 2 aromatic rings. The van der Waals surface area contributed by atoms with E-state index in [0.29, 0.717) is 26.5 Å². The van der Waals surface area contributed by atoms with Gasteiger partial charge in [-0.3, -0.25) is 10.2 Å². The highest BCUT2D eigenvalue weighted by Gasteiger charge is 2.39. The van der Waals surface area contributed by atoms with Gasteiger partial charge in [0.2, 0.25) is 6.79 Å². The number of nitrogens with zero attached hydrogens (tertiary/aromatic N) is 2. The van der Waals surface area contributed by atoms with E-state index < -0.39 is 5.92 Å². The molecule has 1 saturated heterocycles. The first-order valence-electron chi connectivity index (χ1n) is 7.40. The van der Waals surface area contributed by atoms with Gasteiger partial charge in [0.25, 0.3) is 0 Å². The van der Waals surface area contributed by atoms with E-state index in [4.69, 9.17) is 14.9 Å². The minimum Gasteiger partial charge on any atom is -0.454 e. The third kappa shape index (κ3) is 2.61. The Balaban J connectivity index is 1.63. The van der Waals surface area contributed by atoms with Crippen molar-refractivity contribution < 1.29 is 14.3 Å². The molecular formula is C16H13N3O3S2. The number of aryl methyl sites for hydroxylation is 1. The van der Waals surface area contributed by atoms with Crippen LogP contribution in [0.5, 0.6) is 11.5 Å². The Bertz CT molecular complexity index is 875. The van der Waals surface area contributed by atoms with Crippen molar-refractivity contribution in [2.75, 3.05) is 6.79 Å². The van der Waals surface area contributed by atoms with Crippen molar-refractivity contribution in [3.63, 3.8) is 0 Å². The number of rotatable bonds is 3. The second kappa shape index (κ2) is 6.03. The van der Waals surface area contributed by atoms with Crippen LogP contribution in [0.4, 0.5) is 0 Å². The molecule has 1 atom stereocenters. The number of Topliss-reactive ketones (excluding diaryl/α,β-unsaturated/α-hetero) is 1. The highest BCUT2D eigenvalue weighted by atomic mass is 32.2. The molecule has 0 aliphatic carbocycles. The number of ketones is 1. The maximum atomic E-state index is 12.7. The molecule has 2 aliphatic rings. The minimum absolute atomic E-state index is 0.0959. The SMILES string of the molecule is CCc1nnc([C@@H]2C(=N)S/C(=C\c3ccc4c(c3)OCO4)C2=O)s1. The van der Waals surface area contributed by atoms with E-state index in [1.54, 1.807) is 6.08 Å². The van der Waals surface area contributed by atoms with Gasteiger partial charge in [-0.2, -0.15) is 0 Å². The van der Waals surface area contributed by atoms with Gasteiger partial charge in [0.15, 0.2) is 17.3 Å². The molecule has 1 aromatic carbocycles. The number of benzene rings is 1. The van der Waals surface area contributed by atoms with E-state index in [2.05, 4.69) is 10.2 Å². The maximum absolute atomic E-state index is 12.7. The zero-order chi connectivity index (χ0) is 16.7. The molecule has 0 bridgehead atoms. The summed E-state index contributed by atoms with van der Waals surface area (Å²) in [6.45, 7) is 2.21. The highest BCUT2D eigenvalue weighted by molar-refractivity contribution is 8.19. The standard InChI is InChI=1S/C16H13N3O3S2/c1-2-12-18-19-16(24-12)13-14(20)11(23-15(13)17)6-8-3-4-9-10(5-8)22-7-21-9/h3-6,13,17H,2,7H2,1H3/b11-6-,17-15?/t13-/m0/s1. The lowest BCUT2D eigenvalue weighted by Crippen LogP contribution is -2.11. The summed E-state index contributed by atoms with van der Waals surface area (Å²) in [5.74, 6) is 0.659. The van der Waals surface area contributed by atoms with E-state index in [9.17, 15) is 4.79 Å². The first kappa shape index (κ1) is 15.3. The maximum Gasteiger partial charge on any atom is 0.231 e. The summed E-state index contributed by atoms with van der Waals surface area (Å²) < 4.78 is 10.6. The summed E-state index contributed by atoms with van der Waals surface area (Å²) in [4.78, 5) is 13.2. The van der Waals surface area contributed by atoms with E-state index in [1.165, 1.54) is 23.1 Å². The van der Waals surface area contributed by atoms with Gasteiger partial charge >= 0.3 is 0 Å². The summed E-state index contributed by atoms with van der Waals surface area (Å²) in [5, 5.41) is 18.1. The van der Waals surface area contributed by atoms with Gasteiger partial charge in [0, 0.05) is 0 Å². The van der Waals surface area contributed by atoms with Crippen LogP contribution in [-0.2, 0) is 11.2 Å². The number of nitrogens with one attached hydrogen (secondary N) is 1. The van der Waals surface area contributed by atoms with Crippen LogP contribution in [0.25, 0.3) is 6.08 Å².